The summed E-state index contributed by atoms with van der Waals surface area (Å²) in [5, 5.41) is 0. The van der Waals surface area contributed by atoms with Gasteiger partial charge in [-0.3, -0.25) is 0 Å². The van der Waals surface area contributed by atoms with Crippen molar-refractivity contribution >= 4 is 27.7 Å². The number of rotatable bonds is 3. The molecule has 0 heterocycles. The van der Waals surface area contributed by atoms with Crippen LogP contribution in [-0.2, 0) is 6.42 Å². The Morgan fingerprint density at radius 1 is 1.42 bits per heavy atom. The Labute approximate surface area is 85.9 Å². The van der Waals surface area contributed by atoms with E-state index in [2.05, 4.69) is 40.4 Å². The summed E-state index contributed by atoms with van der Waals surface area (Å²) in [6.45, 7) is 0.713. The lowest BCUT2D eigenvalue weighted by atomic mass is 10.2. The van der Waals surface area contributed by atoms with Gasteiger partial charge >= 0.3 is 0 Å². The van der Waals surface area contributed by atoms with Gasteiger partial charge in [-0.25, -0.2) is 0 Å². The van der Waals surface area contributed by atoms with E-state index in [-0.39, 0.29) is 0 Å². The molecule has 3 heteroatoms. The third-order valence-electron chi connectivity index (χ3n) is 1.60. The minimum absolute atomic E-state index is 0.713. The Hall–Kier alpha value is 0.01000. The standard InChI is InChI=1S/C9H12BrNS/c1-12-9-5-7(2-3-11)4-8(10)6-9/h4-6H,2-3,11H2,1H3. The molecule has 1 aromatic carbocycles. The number of halogens is 1. The maximum atomic E-state index is 5.48. The molecule has 0 radical (unpaired) electrons. The predicted molar refractivity (Wildman–Crippen MR) is 58.7 cm³/mol. The van der Waals surface area contributed by atoms with Gasteiger partial charge in [0.05, 0.1) is 0 Å². The number of hydrogen-bond acceptors (Lipinski definition) is 2. The van der Waals surface area contributed by atoms with Crippen molar-refractivity contribution in [3.8, 4) is 0 Å². The van der Waals surface area contributed by atoms with Crippen molar-refractivity contribution in [1.29, 1.82) is 0 Å². The summed E-state index contributed by atoms with van der Waals surface area (Å²) in [5.41, 5.74) is 6.78. The molecule has 0 aromatic heterocycles. The topological polar surface area (TPSA) is 26.0 Å². The quantitative estimate of drug-likeness (QED) is 0.830. The zero-order chi connectivity index (χ0) is 8.97. The Morgan fingerprint density at radius 2 is 2.17 bits per heavy atom. The summed E-state index contributed by atoms with van der Waals surface area (Å²) in [6, 6.07) is 6.42. The molecular weight excluding hydrogens is 234 g/mol. The predicted octanol–water partition coefficient (Wildman–Crippen LogP) is 2.67. The van der Waals surface area contributed by atoms with E-state index >= 15 is 0 Å². The average Bonchev–Trinajstić information content (AvgIpc) is 2.04. The van der Waals surface area contributed by atoms with Crippen LogP contribution < -0.4 is 5.73 Å². The van der Waals surface area contributed by atoms with Crippen molar-refractivity contribution in [3.05, 3.63) is 28.2 Å². The molecular formula is C9H12BrNS. The summed E-state index contributed by atoms with van der Waals surface area (Å²) in [6.07, 6.45) is 3.03. The molecule has 12 heavy (non-hydrogen) atoms. The van der Waals surface area contributed by atoms with Crippen LogP contribution in [0, 0.1) is 0 Å². The second-order valence-electron chi connectivity index (χ2n) is 2.54. The van der Waals surface area contributed by atoms with Crippen LogP contribution in [0.15, 0.2) is 27.6 Å². The largest absolute Gasteiger partial charge is 0.330 e. The summed E-state index contributed by atoms with van der Waals surface area (Å²) < 4.78 is 1.14. The number of benzene rings is 1. The molecule has 0 unspecified atom stereocenters. The zero-order valence-electron chi connectivity index (χ0n) is 7.01. The first kappa shape index (κ1) is 10.1. The zero-order valence-corrected chi connectivity index (χ0v) is 9.41. The van der Waals surface area contributed by atoms with E-state index in [9.17, 15) is 0 Å². The van der Waals surface area contributed by atoms with Crippen molar-refractivity contribution in [1.82, 2.24) is 0 Å². The molecule has 1 aromatic rings. The molecule has 2 N–H and O–H groups in total. The molecule has 0 fully saturated rings. The highest BCUT2D eigenvalue weighted by molar-refractivity contribution is 9.10. The van der Waals surface area contributed by atoms with Crippen molar-refractivity contribution in [2.24, 2.45) is 5.73 Å². The fourth-order valence-corrected chi connectivity index (χ4v) is 2.26. The van der Waals surface area contributed by atoms with E-state index in [1.165, 1.54) is 10.5 Å². The van der Waals surface area contributed by atoms with E-state index in [0.29, 0.717) is 6.54 Å². The molecule has 0 amide bonds. The van der Waals surface area contributed by atoms with Crippen LogP contribution in [-0.4, -0.2) is 12.8 Å². The molecule has 0 bridgehead atoms. The molecule has 0 spiro atoms. The van der Waals surface area contributed by atoms with Gasteiger partial charge in [0.1, 0.15) is 0 Å². The Kier molecular flexibility index (Phi) is 4.12. The lowest BCUT2D eigenvalue weighted by Crippen LogP contribution is -2.02. The third-order valence-corrected chi connectivity index (χ3v) is 2.76. The van der Waals surface area contributed by atoms with E-state index in [0.717, 1.165) is 10.9 Å². The molecule has 66 valence electrons. The maximum Gasteiger partial charge on any atom is 0.0189 e. The highest BCUT2D eigenvalue weighted by Gasteiger charge is 1.97. The monoisotopic (exact) mass is 245 g/mol. The van der Waals surface area contributed by atoms with Crippen molar-refractivity contribution in [2.45, 2.75) is 11.3 Å². The Bertz CT molecular complexity index is 263. The van der Waals surface area contributed by atoms with Gasteiger partial charge in [0.2, 0.25) is 0 Å². The van der Waals surface area contributed by atoms with Gasteiger partial charge in [-0.1, -0.05) is 15.9 Å². The summed E-state index contributed by atoms with van der Waals surface area (Å²) in [4.78, 5) is 1.29. The molecule has 0 aliphatic rings. The molecule has 0 atom stereocenters. The van der Waals surface area contributed by atoms with E-state index in [1.54, 1.807) is 11.8 Å². The highest BCUT2D eigenvalue weighted by atomic mass is 79.9. The minimum atomic E-state index is 0.713. The first-order valence-corrected chi connectivity index (χ1v) is 5.81. The molecule has 0 saturated carbocycles. The van der Waals surface area contributed by atoms with E-state index in [1.807, 2.05) is 0 Å². The Balaban J connectivity index is 2.90. The van der Waals surface area contributed by atoms with Crippen LogP contribution in [0.4, 0.5) is 0 Å². The summed E-state index contributed by atoms with van der Waals surface area (Å²) in [5.74, 6) is 0. The first-order valence-electron chi connectivity index (χ1n) is 3.80. The van der Waals surface area contributed by atoms with Crippen molar-refractivity contribution in [3.63, 3.8) is 0 Å². The van der Waals surface area contributed by atoms with Crippen LogP contribution in [0.25, 0.3) is 0 Å². The minimum Gasteiger partial charge on any atom is -0.330 e. The second-order valence-corrected chi connectivity index (χ2v) is 4.33. The van der Waals surface area contributed by atoms with Crippen LogP contribution in [0.2, 0.25) is 0 Å². The molecule has 1 nitrogen and oxygen atoms in total. The average molecular weight is 246 g/mol. The van der Waals surface area contributed by atoms with Crippen LogP contribution >= 0.6 is 27.7 Å². The number of nitrogens with two attached hydrogens (primary N) is 1. The van der Waals surface area contributed by atoms with Crippen LogP contribution in [0.1, 0.15) is 5.56 Å². The normalized spacial score (nSPS) is 10.2. The maximum absolute atomic E-state index is 5.48. The number of thioether (sulfide) groups is 1. The van der Waals surface area contributed by atoms with Crippen LogP contribution in [0.5, 0.6) is 0 Å². The molecule has 1 rings (SSSR count). The number of hydrogen-bond donors (Lipinski definition) is 1. The Morgan fingerprint density at radius 3 is 2.75 bits per heavy atom. The van der Waals surface area contributed by atoms with Crippen LogP contribution in [0.3, 0.4) is 0 Å². The fraction of sp³-hybridized carbons (Fsp3) is 0.333. The van der Waals surface area contributed by atoms with Gasteiger partial charge in [0.15, 0.2) is 0 Å². The fourth-order valence-electron chi connectivity index (χ4n) is 1.05. The summed E-state index contributed by atoms with van der Waals surface area (Å²) in [7, 11) is 0. The molecule has 0 aliphatic carbocycles. The lowest BCUT2D eigenvalue weighted by Gasteiger charge is -2.03. The first-order chi connectivity index (χ1) is 5.76. The molecule has 0 saturated heterocycles. The SMILES string of the molecule is CSc1cc(Br)cc(CCN)c1. The van der Waals surface area contributed by atoms with Gasteiger partial charge in [-0.05, 0) is 43.0 Å². The van der Waals surface area contributed by atoms with Gasteiger partial charge in [-0.15, -0.1) is 11.8 Å². The van der Waals surface area contributed by atoms with Gasteiger partial charge in [0.25, 0.3) is 0 Å². The smallest absolute Gasteiger partial charge is 0.0189 e. The van der Waals surface area contributed by atoms with E-state index in [4.69, 9.17) is 5.73 Å². The molecule has 0 aliphatic heterocycles. The lowest BCUT2D eigenvalue weighted by molar-refractivity contribution is 0.962. The van der Waals surface area contributed by atoms with Crippen molar-refractivity contribution < 1.29 is 0 Å². The highest BCUT2D eigenvalue weighted by Crippen LogP contribution is 2.22. The van der Waals surface area contributed by atoms with Crippen molar-refractivity contribution in [2.75, 3.05) is 12.8 Å². The summed E-state index contributed by atoms with van der Waals surface area (Å²) >= 11 is 5.22. The third kappa shape index (κ3) is 2.81. The van der Waals surface area contributed by atoms with Gasteiger partial charge in [0, 0.05) is 9.37 Å². The van der Waals surface area contributed by atoms with E-state index < -0.39 is 0 Å². The second kappa shape index (κ2) is 4.90. The van der Waals surface area contributed by atoms with Gasteiger partial charge in [-0.2, -0.15) is 0 Å². The van der Waals surface area contributed by atoms with Gasteiger partial charge < -0.3 is 5.73 Å².